The first-order valence-electron chi connectivity index (χ1n) is 9.54. The fraction of sp³-hybridized carbons (Fsp3) is 0.632. The van der Waals surface area contributed by atoms with Crippen molar-refractivity contribution in [2.75, 3.05) is 62.9 Å². The smallest absolute Gasteiger partial charge is 0.232 e. The number of nitrogens with zero attached hydrogens (tertiary/aromatic N) is 2. The molecule has 156 valence electrons. The third kappa shape index (κ3) is 6.02. The van der Waals surface area contributed by atoms with Crippen molar-refractivity contribution in [1.29, 1.82) is 0 Å². The van der Waals surface area contributed by atoms with E-state index < -0.39 is 9.84 Å². The summed E-state index contributed by atoms with van der Waals surface area (Å²) in [5.74, 6) is 3.49. The Morgan fingerprint density at radius 2 is 1.82 bits per heavy atom. The second kappa shape index (κ2) is 9.84. The summed E-state index contributed by atoms with van der Waals surface area (Å²) >= 11 is 1.57. The fourth-order valence-electron chi connectivity index (χ4n) is 3.54. The Labute approximate surface area is 171 Å². The van der Waals surface area contributed by atoms with E-state index in [4.69, 9.17) is 9.47 Å². The number of benzene rings is 1. The maximum Gasteiger partial charge on any atom is 0.232 e. The van der Waals surface area contributed by atoms with Gasteiger partial charge in [0.25, 0.3) is 0 Å². The van der Waals surface area contributed by atoms with Crippen molar-refractivity contribution >= 4 is 27.5 Å². The molecule has 0 aliphatic carbocycles. The molecule has 9 heteroatoms. The van der Waals surface area contributed by atoms with Crippen LogP contribution in [0.1, 0.15) is 6.42 Å². The molecule has 0 N–H and O–H groups in total. The van der Waals surface area contributed by atoms with Crippen LogP contribution in [0.3, 0.4) is 0 Å². The van der Waals surface area contributed by atoms with Crippen LogP contribution in [0.2, 0.25) is 0 Å². The molecule has 1 amide bonds. The quantitative estimate of drug-likeness (QED) is 0.575. The second-order valence-electron chi connectivity index (χ2n) is 7.05. The van der Waals surface area contributed by atoms with Crippen LogP contribution < -0.4 is 9.47 Å². The highest BCUT2D eigenvalue weighted by Crippen LogP contribution is 2.20. The first-order chi connectivity index (χ1) is 13.5. The zero-order valence-electron chi connectivity index (χ0n) is 16.2. The summed E-state index contributed by atoms with van der Waals surface area (Å²) < 4.78 is 34.0. The maximum absolute atomic E-state index is 12.4. The van der Waals surface area contributed by atoms with Crippen molar-refractivity contribution in [3.8, 4) is 11.5 Å². The van der Waals surface area contributed by atoms with Crippen LogP contribution in [0.5, 0.6) is 11.5 Å². The highest BCUT2D eigenvalue weighted by atomic mass is 32.2. The third-order valence-electron chi connectivity index (χ3n) is 5.17. The normalized spacial score (nSPS) is 22.2. The largest absolute Gasteiger partial charge is 0.497 e. The number of hydrogen-bond donors (Lipinski definition) is 0. The van der Waals surface area contributed by atoms with Crippen molar-refractivity contribution < 1.29 is 22.7 Å². The molecule has 1 atom stereocenters. The Balaban J connectivity index is 1.29. The first kappa shape index (κ1) is 21.3. The van der Waals surface area contributed by atoms with Crippen molar-refractivity contribution in [2.45, 2.75) is 12.5 Å². The summed E-state index contributed by atoms with van der Waals surface area (Å²) in [4.78, 5) is 16.5. The van der Waals surface area contributed by atoms with E-state index in [1.54, 1.807) is 18.9 Å². The van der Waals surface area contributed by atoms with E-state index in [0.717, 1.165) is 36.8 Å². The minimum Gasteiger partial charge on any atom is -0.497 e. The van der Waals surface area contributed by atoms with Crippen LogP contribution in [0, 0.1) is 0 Å². The molecule has 0 bridgehead atoms. The SMILES string of the molecule is COc1ccc(OCCSCC(=O)N2CCN(C3CCS(=O)(=O)C3)CC2)cc1. The van der Waals surface area contributed by atoms with Crippen LogP contribution >= 0.6 is 11.8 Å². The number of hydrogen-bond acceptors (Lipinski definition) is 7. The van der Waals surface area contributed by atoms with E-state index in [1.807, 2.05) is 29.2 Å². The summed E-state index contributed by atoms with van der Waals surface area (Å²) in [5.41, 5.74) is 0. The Kier molecular flexibility index (Phi) is 7.48. The molecule has 1 unspecified atom stereocenters. The minimum absolute atomic E-state index is 0.131. The molecule has 7 nitrogen and oxygen atoms in total. The number of sulfone groups is 1. The number of amides is 1. The lowest BCUT2D eigenvalue weighted by molar-refractivity contribution is -0.130. The van der Waals surface area contributed by atoms with Gasteiger partial charge in [0.15, 0.2) is 9.84 Å². The number of rotatable bonds is 8. The van der Waals surface area contributed by atoms with E-state index in [0.29, 0.717) is 31.2 Å². The van der Waals surface area contributed by atoms with Gasteiger partial charge in [-0.05, 0) is 30.7 Å². The molecule has 2 fully saturated rings. The van der Waals surface area contributed by atoms with Crippen LogP contribution in [0.15, 0.2) is 24.3 Å². The van der Waals surface area contributed by atoms with Gasteiger partial charge in [-0.1, -0.05) is 0 Å². The van der Waals surface area contributed by atoms with Gasteiger partial charge in [0.2, 0.25) is 5.91 Å². The van der Waals surface area contributed by atoms with Gasteiger partial charge in [0.05, 0.1) is 31.0 Å². The summed E-state index contributed by atoms with van der Waals surface area (Å²) in [6.07, 6.45) is 0.723. The number of piperazine rings is 1. The Bertz CT molecular complexity index is 746. The van der Waals surface area contributed by atoms with E-state index in [9.17, 15) is 13.2 Å². The van der Waals surface area contributed by atoms with Crippen molar-refractivity contribution in [1.82, 2.24) is 9.80 Å². The lowest BCUT2D eigenvalue weighted by Crippen LogP contribution is -2.52. The standard InChI is InChI=1S/C19H28N2O5S2/c1-25-17-2-4-18(5-3-17)26-11-12-27-14-19(22)21-9-7-20(8-10-21)16-6-13-28(23,24)15-16/h2-5,16H,6-15H2,1H3. The van der Waals surface area contributed by atoms with E-state index in [2.05, 4.69) is 4.90 Å². The van der Waals surface area contributed by atoms with Crippen molar-refractivity contribution in [2.24, 2.45) is 0 Å². The highest BCUT2D eigenvalue weighted by molar-refractivity contribution is 7.99. The zero-order chi connectivity index (χ0) is 20.0. The molecule has 0 aromatic heterocycles. The topological polar surface area (TPSA) is 76.2 Å². The summed E-state index contributed by atoms with van der Waals surface area (Å²) in [6, 6.07) is 7.57. The molecule has 0 spiro atoms. The Hall–Kier alpha value is -1.45. The molecule has 3 rings (SSSR count). The number of ether oxygens (including phenoxy) is 2. The van der Waals surface area contributed by atoms with Gasteiger partial charge in [0, 0.05) is 38.0 Å². The van der Waals surface area contributed by atoms with Crippen molar-refractivity contribution in [3.63, 3.8) is 0 Å². The van der Waals surface area contributed by atoms with Gasteiger partial charge in [0.1, 0.15) is 11.5 Å². The third-order valence-corrected chi connectivity index (χ3v) is 7.83. The molecular weight excluding hydrogens is 400 g/mol. The van der Waals surface area contributed by atoms with E-state index in [-0.39, 0.29) is 17.7 Å². The molecular formula is C19H28N2O5S2. The van der Waals surface area contributed by atoms with Crippen LogP contribution in [-0.4, -0.2) is 93.1 Å². The van der Waals surface area contributed by atoms with Gasteiger partial charge in [-0.15, -0.1) is 11.8 Å². The maximum atomic E-state index is 12.4. The first-order valence-corrected chi connectivity index (χ1v) is 12.5. The average Bonchev–Trinajstić information content (AvgIpc) is 3.08. The summed E-state index contributed by atoms with van der Waals surface area (Å²) in [7, 11) is -1.23. The molecule has 1 aromatic rings. The highest BCUT2D eigenvalue weighted by Gasteiger charge is 2.34. The molecule has 2 saturated heterocycles. The Morgan fingerprint density at radius 3 is 2.43 bits per heavy atom. The molecule has 0 radical (unpaired) electrons. The van der Waals surface area contributed by atoms with Gasteiger partial charge in [-0.3, -0.25) is 9.69 Å². The molecule has 0 saturated carbocycles. The number of carbonyl (C=O) groups excluding carboxylic acids is 1. The van der Waals surface area contributed by atoms with Crippen molar-refractivity contribution in [3.05, 3.63) is 24.3 Å². The summed E-state index contributed by atoms with van der Waals surface area (Å²) in [6.45, 7) is 3.43. The average molecular weight is 429 g/mol. The van der Waals surface area contributed by atoms with Crippen LogP contribution in [0.25, 0.3) is 0 Å². The van der Waals surface area contributed by atoms with Crippen LogP contribution in [0.4, 0.5) is 0 Å². The number of thioether (sulfide) groups is 1. The molecule has 2 aliphatic rings. The summed E-state index contributed by atoms with van der Waals surface area (Å²) in [5, 5.41) is 0. The van der Waals surface area contributed by atoms with Gasteiger partial charge < -0.3 is 14.4 Å². The Morgan fingerprint density at radius 1 is 1.14 bits per heavy atom. The van der Waals surface area contributed by atoms with Gasteiger partial charge in [-0.2, -0.15) is 0 Å². The minimum atomic E-state index is -2.86. The predicted octanol–water partition coefficient (Wildman–Crippen LogP) is 1.14. The molecule has 2 heterocycles. The fourth-order valence-corrected chi connectivity index (χ4v) is 6.01. The van der Waals surface area contributed by atoms with Gasteiger partial charge in [-0.25, -0.2) is 8.42 Å². The molecule has 28 heavy (non-hydrogen) atoms. The van der Waals surface area contributed by atoms with E-state index >= 15 is 0 Å². The second-order valence-corrected chi connectivity index (χ2v) is 10.4. The number of methoxy groups -OCH3 is 1. The zero-order valence-corrected chi connectivity index (χ0v) is 17.8. The van der Waals surface area contributed by atoms with E-state index in [1.165, 1.54) is 0 Å². The lowest BCUT2D eigenvalue weighted by atomic mass is 10.2. The van der Waals surface area contributed by atoms with Crippen LogP contribution in [-0.2, 0) is 14.6 Å². The van der Waals surface area contributed by atoms with Gasteiger partial charge >= 0.3 is 0 Å². The lowest BCUT2D eigenvalue weighted by Gasteiger charge is -2.37. The number of carbonyl (C=O) groups is 1. The predicted molar refractivity (Wildman–Crippen MR) is 111 cm³/mol. The molecule has 1 aromatic carbocycles. The monoisotopic (exact) mass is 428 g/mol. The molecule has 2 aliphatic heterocycles.